The Balaban J connectivity index is 1.59. The molecule has 0 saturated carbocycles. The van der Waals surface area contributed by atoms with Crippen LogP contribution in [0.1, 0.15) is 11.1 Å². The monoisotopic (exact) mass is 350 g/mol. The van der Waals surface area contributed by atoms with Gasteiger partial charge in [-0.05, 0) is 23.8 Å². The Morgan fingerprint density at radius 2 is 1.92 bits per heavy atom. The standard InChI is InChI=1S/C15H19ClN6O2/c1-23-13-6-10(7-18-15-19-21-22-20-15)2-4-12(13)24-9-11-3-5-14(16)17-8-11/h2-6,8,15,18-22H,7,9H2,1H3. The second kappa shape index (κ2) is 8.25. The van der Waals surface area contributed by atoms with E-state index in [0.29, 0.717) is 29.8 Å². The van der Waals surface area contributed by atoms with Crippen LogP contribution in [0.2, 0.25) is 5.15 Å². The van der Waals surface area contributed by atoms with Crippen molar-refractivity contribution in [2.45, 2.75) is 19.4 Å². The molecule has 3 rings (SSSR count). The van der Waals surface area contributed by atoms with Crippen molar-refractivity contribution in [2.75, 3.05) is 7.11 Å². The molecule has 5 N–H and O–H groups in total. The van der Waals surface area contributed by atoms with Gasteiger partial charge in [0.15, 0.2) is 11.5 Å². The van der Waals surface area contributed by atoms with Gasteiger partial charge in [-0.3, -0.25) is 5.32 Å². The fourth-order valence-electron chi connectivity index (χ4n) is 2.17. The van der Waals surface area contributed by atoms with Gasteiger partial charge in [0.1, 0.15) is 18.0 Å². The zero-order valence-electron chi connectivity index (χ0n) is 13.1. The van der Waals surface area contributed by atoms with Gasteiger partial charge in [-0.1, -0.05) is 23.7 Å². The van der Waals surface area contributed by atoms with Gasteiger partial charge >= 0.3 is 0 Å². The third-order valence-electron chi connectivity index (χ3n) is 3.42. The molecule has 1 aromatic heterocycles. The second-order valence-corrected chi connectivity index (χ2v) is 5.50. The Morgan fingerprint density at radius 3 is 2.62 bits per heavy atom. The normalized spacial score (nSPS) is 14.8. The highest BCUT2D eigenvalue weighted by Crippen LogP contribution is 2.28. The molecule has 2 heterocycles. The number of nitrogens with one attached hydrogen (secondary N) is 5. The Bertz CT molecular complexity index is 664. The van der Waals surface area contributed by atoms with Crippen LogP contribution >= 0.6 is 11.6 Å². The van der Waals surface area contributed by atoms with Gasteiger partial charge in [0.2, 0.25) is 0 Å². The zero-order valence-corrected chi connectivity index (χ0v) is 13.9. The number of methoxy groups -OCH3 is 1. The van der Waals surface area contributed by atoms with Crippen LogP contribution in [0.15, 0.2) is 36.5 Å². The highest BCUT2D eigenvalue weighted by Gasteiger charge is 2.12. The van der Waals surface area contributed by atoms with E-state index in [1.165, 1.54) is 0 Å². The van der Waals surface area contributed by atoms with Crippen LogP contribution in [-0.2, 0) is 13.2 Å². The van der Waals surface area contributed by atoms with E-state index in [1.54, 1.807) is 19.4 Å². The van der Waals surface area contributed by atoms with E-state index in [0.717, 1.165) is 11.1 Å². The zero-order chi connectivity index (χ0) is 16.8. The molecule has 1 aliphatic heterocycles. The van der Waals surface area contributed by atoms with Crippen molar-refractivity contribution in [3.8, 4) is 11.5 Å². The molecule has 1 saturated heterocycles. The minimum atomic E-state index is -0.0654. The average molecular weight is 351 g/mol. The summed E-state index contributed by atoms with van der Waals surface area (Å²) in [6, 6.07) is 9.44. The van der Waals surface area contributed by atoms with Crippen molar-refractivity contribution < 1.29 is 9.47 Å². The number of nitrogens with zero attached hydrogens (tertiary/aromatic N) is 1. The van der Waals surface area contributed by atoms with Crippen LogP contribution in [0.3, 0.4) is 0 Å². The minimum Gasteiger partial charge on any atom is -0.493 e. The molecule has 2 aromatic rings. The topological polar surface area (TPSA) is 91.5 Å². The number of ether oxygens (including phenoxy) is 2. The molecule has 9 heteroatoms. The van der Waals surface area contributed by atoms with Crippen molar-refractivity contribution in [2.24, 2.45) is 0 Å². The fraction of sp³-hybridized carbons (Fsp3) is 0.267. The van der Waals surface area contributed by atoms with Crippen LogP contribution in [-0.4, -0.2) is 18.4 Å². The third kappa shape index (κ3) is 4.54. The summed E-state index contributed by atoms with van der Waals surface area (Å²) in [7, 11) is 1.62. The molecular weight excluding hydrogens is 332 g/mol. The molecule has 0 atom stereocenters. The first kappa shape index (κ1) is 16.9. The van der Waals surface area contributed by atoms with Crippen LogP contribution in [0.4, 0.5) is 0 Å². The summed E-state index contributed by atoms with van der Waals surface area (Å²) in [6.45, 7) is 1.05. The molecule has 128 valence electrons. The summed E-state index contributed by atoms with van der Waals surface area (Å²) < 4.78 is 11.2. The van der Waals surface area contributed by atoms with Gasteiger partial charge in [0, 0.05) is 18.3 Å². The van der Waals surface area contributed by atoms with Crippen molar-refractivity contribution in [3.05, 3.63) is 52.8 Å². The molecule has 24 heavy (non-hydrogen) atoms. The van der Waals surface area contributed by atoms with E-state index in [4.69, 9.17) is 21.1 Å². The van der Waals surface area contributed by atoms with E-state index in [1.807, 2.05) is 24.3 Å². The largest absolute Gasteiger partial charge is 0.493 e. The number of pyridine rings is 1. The predicted octanol–water partition coefficient (Wildman–Crippen LogP) is 0.813. The molecule has 8 nitrogen and oxygen atoms in total. The molecule has 0 unspecified atom stereocenters. The maximum absolute atomic E-state index is 5.81. The summed E-state index contributed by atoms with van der Waals surface area (Å²) in [5, 5.41) is 3.73. The fourth-order valence-corrected chi connectivity index (χ4v) is 2.28. The van der Waals surface area contributed by atoms with Crippen molar-refractivity contribution in [1.29, 1.82) is 0 Å². The van der Waals surface area contributed by atoms with E-state index in [-0.39, 0.29) is 6.29 Å². The Morgan fingerprint density at radius 1 is 1.12 bits per heavy atom. The molecule has 1 aliphatic rings. The molecule has 0 bridgehead atoms. The first-order valence-electron chi connectivity index (χ1n) is 7.39. The van der Waals surface area contributed by atoms with Crippen LogP contribution in [0, 0.1) is 0 Å². The summed E-state index contributed by atoms with van der Waals surface area (Å²) in [6.07, 6.45) is 1.63. The lowest BCUT2D eigenvalue weighted by Crippen LogP contribution is -2.46. The number of hydrogen-bond donors (Lipinski definition) is 5. The van der Waals surface area contributed by atoms with E-state index in [9.17, 15) is 0 Å². The summed E-state index contributed by atoms with van der Waals surface area (Å²) in [4.78, 5) is 4.03. The Labute approximate surface area is 144 Å². The number of benzene rings is 1. The van der Waals surface area contributed by atoms with Crippen LogP contribution in [0.25, 0.3) is 0 Å². The van der Waals surface area contributed by atoms with Gasteiger partial charge < -0.3 is 9.47 Å². The molecule has 1 aromatic carbocycles. The van der Waals surface area contributed by atoms with Gasteiger partial charge in [-0.25, -0.2) is 15.8 Å². The first-order valence-corrected chi connectivity index (χ1v) is 7.77. The maximum atomic E-state index is 5.81. The van der Waals surface area contributed by atoms with Crippen LogP contribution in [0.5, 0.6) is 11.5 Å². The van der Waals surface area contributed by atoms with Crippen molar-refractivity contribution in [1.82, 2.24) is 32.2 Å². The van der Waals surface area contributed by atoms with Gasteiger partial charge in [0.05, 0.1) is 7.11 Å². The van der Waals surface area contributed by atoms with E-state index >= 15 is 0 Å². The number of halogens is 1. The summed E-state index contributed by atoms with van der Waals surface area (Å²) in [5.74, 6) is 1.36. The highest BCUT2D eigenvalue weighted by molar-refractivity contribution is 6.29. The molecule has 0 radical (unpaired) electrons. The smallest absolute Gasteiger partial charge is 0.161 e. The predicted molar refractivity (Wildman–Crippen MR) is 89.7 cm³/mol. The first-order chi connectivity index (χ1) is 11.7. The lowest BCUT2D eigenvalue weighted by molar-refractivity contribution is 0.284. The highest BCUT2D eigenvalue weighted by atomic mass is 35.5. The number of hydrazine groups is 3. The molecule has 0 spiro atoms. The number of rotatable bonds is 7. The summed E-state index contributed by atoms with van der Waals surface area (Å²) in [5.41, 5.74) is 13.4. The van der Waals surface area contributed by atoms with Gasteiger partial charge in [-0.2, -0.15) is 11.1 Å². The molecule has 0 amide bonds. The van der Waals surface area contributed by atoms with Gasteiger partial charge in [0.25, 0.3) is 0 Å². The SMILES string of the molecule is COc1cc(CNC2NNNN2)ccc1OCc1ccc(Cl)nc1. The van der Waals surface area contributed by atoms with E-state index < -0.39 is 0 Å². The van der Waals surface area contributed by atoms with Gasteiger partial charge in [-0.15, -0.1) is 0 Å². The number of aromatic nitrogens is 1. The quantitative estimate of drug-likeness (QED) is 0.469. The molecule has 1 fully saturated rings. The number of hydrogen-bond acceptors (Lipinski definition) is 8. The minimum absolute atomic E-state index is 0.0654. The molecular formula is C15H19ClN6O2. The van der Waals surface area contributed by atoms with E-state index in [2.05, 4.69) is 32.2 Å². The van der Waals surface area contributed by atoms with Crippen LogP contribution < -0.4 is 36.7 Å². The maximum Gasteiger partial charge on any atom is 0.161 e. The average Bonchev–Trinajstić information content (AvgIpc) is 3.13. The van der Waals surface area contributed by atoms with Crippen molar-refractivity contribution >= 4 is 11.6 Å². The lowest BCUT2D eigenvalue weighted by Gasteiger charge is -2.14. The lowest BCUT2D eigenvalue weighted by atomic mass is 10.2. The van der Waals surface area contributed by atoms with Crippen molar-refractivity contribution in [3.63, 3.8) is 0 Å². The Kier molecular flexibility index (Phi) is 5.81. The molecule has 0 aliphatic carbocycles. The second-order valence-electron chi connectivity index (χ2n) is 5.12. The third-order valence-corrected chi connectivity index (χ3v) is 3.64. The Hall–Kier alpha value is -1.94. The summed E-state index contributed by atoms with van der Waals surface area (Å²) >= 11 is 5.78.